The lowest BCUT2D eigenvalue weighted by molar-refractivity contribution is 0.772. The Kier molecular flexibility index (Phi) is 2.56. The van der Waals surface area contributed by atoms with E-state index in [-0.39, 0.29) is 0 Å². The quantitative estimate of drug-likeness (QED) is 0.665. The zero-order valence-electron chi connectivity index (χ0n) is 9.08. The molecule has 1 aliphatic carbocycles. The van der Waals surface area contributed by atoms with Gasteiger partial charge in [-0.05, 0) is 37.2 Å². The molecule has 0 unspecified atom stereocenters. The van der Waals surface area contributed by atoms with Gasteiger partial charge >= 0.3 is 0 Å². The molecule has 1 fully saturated rings. The molecule has 1 aliphatic rings. The molecule has 0 bridgehead atoms. The fourth-order valence-corrected chi connectivity index (χ4v) is 1.78. The Labute approximate surface area is 103 Å². The van der Waals surface area contributed by atoms with Crippen molar-refractivity contribution < 1.29 is 0 Å². The van der Waals surface area contributed by atoms with E-state index in [0.29, 0.717) is 10.7 Å². The summed E-state index contributed by atoms with van der Waals surface area (Å²) in [4.78, 5) is 4.17. The van der Waals surface area contributed by atoms with Gasteiger partial charge in [0.05, 0.1) is 11.9 Å². The molecule has 5 nitrogen and oxygen atoms in total. The van der Waals surface area contributed by atoms with Gasteiger partial charge in [0, 0.05) is 12.1 Å². The number of aromatic amines is 1. The van der Waals surface area contributed by atoms with Crippen molar-refractivity contribution in [1.82, 2.24) is 19.9 Å². The van der Waals surface area contributed by atoms with Crippen molar-refractivity contribution in [3.05, 3.63) is 40.7 Å². The number of nitrogens with one attached hydrogen (secondary N) is 1. The van der Waals surface area contributed by atoms with Crippen molar-refractivity contribution >= 4 is 18.4 Å². The Hall–Kier alpha value is -1.82. The van der Waals surface area contributed by atoms with E-state index in [0.717, 1.165) is 11.5 Å². The lowest BCUT2D eigenvalue weighted by Crippen LogP contribution is -1.97. The van der Waals surface area contributed by atoms with Crippen LogP contribution in [0.15, 0.2) is 29.5 Å². The molecule has 0 aliphatic heterocycles. The van der Waals surface area contributed by atoms with E-state index in [4.69, 9.17) is 12.2 Å². The van der Waals surface area contributed by atoms with Gasteiger partial charge in [-0.1, -0.05) is 6.07 Å². The molecule has 0 amide bonds. The number of hydrogen-bond donors (Lipinski definition) is 1. The third-order valence-electron chi connectivity index (χ3n) is 2.61. The Morgan fingerprint density at radius 3 is 3.06 bits per heavy atom. The molecule has 86 valence electrons. The average Bonchev–Trinajstić information content (AvgIpc) is 3.13. The average molecular weight is 245 g/mol. The second kappa shape index (κ2) is 4.21. The van der Waals surface area contributed by atoms with Crippen LogP contribution in [0.2, 0.25) is 0 Å². The molecule has 0 atom stereocenters. The first-order chi connectivity index (χ1) is 8.34. The second-order valence-corrected chi connectivity index (χ2v) is 4.36. The van der Waals surface area contributed by atoms with Crippen LogP contribution in [0.4, 0.5) is 0 Å². The highest BCUT2D eigenvalue weighted by Gasteiger charge is 2.29. The van der Waals surface area contributed by atoms with E-state index in [2.05, 4.69) is 20.3 Å². The molecule has 1 saturated carbocycles. The summed E-state index contributed by atoms with van der Waals surface area (Å²) in [6.07, 6.45) is 5.76. The molecule has 17 heavy (non-hydrogen) atoms. The van der Waals surface area contributed by atoms with Gasteiger partial charge in [-0.25, -0.2) is 0 Å². The Morgan fingerprint density at radius 2 is 2.35 bits per heavy atom. The molecule has 0 spiro atoms. The molecule has 6 heteroatoms. The predicted octanol–water partition coefficient (Wildman–Crippen LogP) is 2.10. The number of H-pyrrole nitrogens is 1. The highest BCUT2D eigenvalue weighted by Crippen LogP contribution is 2.38. The Morgan fingerprint density at radius 1 is 1.47 bits per heavy atom. The van der Waals surface area contributed by atoms with E-state index < -0.39 is 0 Å². The van der Waals surface area contributed by atoms with Crippen LogP contribution in [-0.2, 0) is 0 Å². The van der Waals surface area contributed by atoms with Crippen molar-refractivity contribution in [1.29, 1.82) is 0 Å². The Balaban J connectivity index is 1.92. The molecule has 3 rings (SSSR count). The largest absolute Gasteiger partial charge is 0.255 e. The highest BCUT2D eigenvalue weighted by molar-refractivity contribution is 7.71. The van der Waals surface area contributed by atoms with E-state index in [1.54, 1.807) is 17.1 Å². The molecular weight excluding hydrogens is 234 g/mol. The van der Waals surface area contributed by atoms with Gasteiger partial charge in [0.25, 0.3) is 0 Å². The lowest BCUT2D eigenvalue weighted by atomic mass is 10.4. The first kappa shape index (κ1) is 10.3. The molecule has 1 N–H and O–H groups in total. The zero-order valence-corrected chi connectivity index (χ0v) is 9.89. The first-order valence-corrected chi connectivity index (χ1v) is 5.88. The highest BCUT2D eigenvalue weighted by atomic mass is 32.1. The molecule has 2 heterocycles. The smallest absolute Gasteiger partial charge is 0.216 e. The molecule has 0 radical (unpaired) electrons. The fourth-order valence-electron chi connectivity index (χ4n) is 1.59. The number of hydrogen-bond acceptors (Lipinski definition) is 4. The number of rotatable bonds is 3. The van der Waals surface area contributed by atoms with Crippen LogP contribution in [0.3, 0.4) is 0 Å². The van der Waals surface area contributed by atoms with Crippen LogP contribution in [0.25, 0.3) is 0 Å². The number of nitrogens with zero attached hydrogens (tertiary/aromatic N) is 4. The van der Waals surface area contributed by atoms with Crippen LogP contribution >= 0.6 is 12.2 Å². The van der Waals surface area contributed by atoms with Crippen molar-refractivity contribution in [2.75, 3.05) is 0 Å². The summed E-state index contributed by atoms with van der Waals surface area (Å²) < 4.78 is 2.21. The van der Waals surface area contributed by atoms with Crippen molar-refractivity contribution in [3.63, 3.8) is 0 Å². The summed E-state index contributed by atoms with van der Waals surface area (Å²) in [5.74, 6) is 1.42. The maximum atomic E-state index is 5.15. The molecular formula is C11H11N5S. The third-order valence-corrected chi connectivity index (χ3v) is 2.88. The van der Waals surface area contributed by atoms with Crippen LogP contribution in [0, 0.1) is 4.77 Å². The van der Waals surface area contributed by atoms with Crippen molar-refractivity contribution in [2.45, 2.75) is 18.8 Å². The maximum absolute atomic E-state index is 5.15. The summed E-state index contributed by atoms with van der Waals surface area (Å²) in [6.45, 7) is 0. The van der Waals surface area contributed by atoms with Gasteiger partial charge in [0.15, 0.2) is 5.82 Å². The minimum atomic E-state index is 0.504. The monoisotopic (exact) mass is 245 g/mol. The molecule has 2 aromatic heterocycles. The summed E-state index contributed by atoms with van der Waals surface area (Å²) in [5, 5.41) is 11.3. The van der Waals surface area contributed by atoms with Crippen LogP contribution < -0.4 is 0 Å². The SMILES string of the molecule is S=c1[nH]nc(C2CC2)n1/N=C\c1ccccn1. The van der Waals surface area contributed by atoms with Crippen LogP contribution in [0.1, 0.15) is 30.3 Å². The number of pyridine rings is 1. The predicted molar refractivity (Wildman–Crippen MR) is 66.6 cm³/mol. The summed E-state index contributed by atoms with van der Waals surface area (Å²) in [7, 11) is 0. The summed E-state index contributed by atoms with van der Waals surface area (Å²) >= 11 is 5.15. The van der Waals surface area contributed by atoms with Crippen LogP contribution in [-0.4, -0.2) is 26.1 Å². The fraction of sp³-hybridized carbons (Fsp3) is 0.273. The van der Waals surface area contributed by atoms with E-state index >= 15 is 0 Å². The second-order valence-electron chi connectivity index (χ2n) is 3.97. The van der Waals surface area contributed by atoms with Gasteiger partial charge in [0.1, 0.15) is 0 Å². The van der Waals surface area contributed by atoms with Gasteiger partial charge in [0.2, 0.25) is 4.77 Å². The summed E-state index contributed by atoms with van der Waals surface area (Å²) in [6, 6.07) is 5.69. The normalized spacial score (nSPS) is 15.5. The Bertz CT molecular complexity index is 594. The van der Waals surface area contributed by atoms with Crippen molar-refractivity contribution in [3.8, 4) is 0 Å². The minimum absolute atomic E-state index is 0.504. The van der Waals surface area contributed by atoms with E-state index in [9.17, 15) is 0 Å². The molecule has 0 aromatic carbocycles. The van der Waals surface area contributed by atoms with E-state index in [1.807, 2.05) is 18.2 Å². The van der Waals surface area contributed by atoms with Gasteiger partial charge < -0.3 is 0 Å². The maximum Gasteiger partial charge on any atom is 0.216 e. The summed E-state index contributed by atoms with van der Waals surface area (Å²) in [5.41, 5.74) is 0.803. The number of aromatic nitrogens is 4. The minimum Gasteiger partial charge on any atom is -0.255 e. The van der Waals surface area contributed by atoms with Crippen LogP contribution in [0.5, 0.6) is 0 Å². The molecule has 2 aromatic rings. The molecule has 0 saturated heterocycles. The topological polar surface area (TPSA) is 58.9 Å². The van der Waals surface area contributed by atoms with Gasteiger partial charge in [-0.3, -0.25) is 10.1 Å². The van der Waals surface area contributed by atoms with Crippen molar-refractivity contribution in [2.24, 2.45) is 5.10 Å². The van der Waals surface area contributed by atoms with Gasteiger partial charge in [-0.2, -0.15) is 14.9 Å². The first-order valence-electron chi connectivity index (χ1n) is 5.47. The standard InChI is InChI=1S/C11H11N5S/c17-11-15-14-10(8-4-5-8)16(11)13-7-9-3-1-2-6-12-9/h1-3,6-8H,4-5H2,(H,15,17)/b13-7-. The lowest BCUT2D eigenvalue weighted by Gasteiger charge is -1.97. The van der Waals surface area contributed by atoms with E-state index in [1.165, 1.54) is 12.8 Å². The zero-order chi connectivity index (χ0) is 11.7. The van der Waals surface area contributed by atoms with Gasteiger partial charge in [-0.15, -0.1) is 0 Å². The third kappa shape index (κ3) is 2.16.